The zero-order chi connectivity index (χ0) is 24.4. The van der Waals surface area contributed by atoms with Gasteiger partial charge in [-0.05, 0) is 52.1 Å². The van der Waals surface area contributed by atoms with E-state index in [4.69, 9.17) is 11.6 Å². The summed E-state index contributed by atoms with van der Waals surface area (Å²) in [6.45, 7) is 2.51. The van der Waals surface area contributed by atoms with Gasteiger partial charge in [0.15, 0.2) is 5.82 Å². The second-order valence-corrected chi connectivity index (χ2v) is 8.80. The number of hydrogen-bond donors (Lipinski definition) is 1. The molecule has 0 unspecified atom stereocenters. The number of aromatic amines is 1. The molecule has 0 amide bonds. The second kappa shape index (κ2) is 9.71. The van der Waals surface area contributed by atoms with Crippen LogP contribution >= 0.6 is 11.6 Å². The molecule has 35 heavy (non-hydrogen) atoms. The predicted octanol–water partition coefficient (Wildman–Crippen LogP) is 4.26. The number of aryl methyl sites for hydroxylation is 2. The van der Waals surface area contributed by atoms with Crippen molar-refractivity contribution in [2.75, 3.05) is 0 Å². The summed E-state index contributed by atoms with van der Waals surface area (Å²) in [6, 6.07) is 11.7. The summed E-state index contributed by atoms with van der Waals surface area (Å²) in [5, 5.41) is 14.9. The van der Waals surface area contributed by atoms with Crippen LogP contribution in [0.4, 0.5) is 0 Å². The Morgan fingerprint density at radius 3 is 2.63 bits per heavy atom. The minimum Gasteiger partial charge on any atom is -0.336 e. The summed E-state index contributed by atoms with van der Waals surface area (Å²) in [5.41, 5.74) is 4.53. The Morgan fingerprint density at radius 1 is 1.09 bits per heavy atom. The zero-order valence-corrected chi connectivity index (χ0v) is 20.3. The molecule has 178 valence electrons. The van der Waals surface area contributed by atoms with Crippen LogP contribution in [0.15, 0.2) is 66.0 Å². The molecule has 0 aliphatic heterocycles. The van der Waals surface area contributed by atoms with E-state index < -0.39 is 0 Å². The molecule has 5 rings (SSSR count). The Balaban J connectivity index is 1.62. The summed E-state index contributed by atoms with van der Waals surface area (Å²) in [6.07, 6.45) is 10.1. The minimum absolute atomic E-state index is 0.137. The highest BCUT2D eigenvalue weighted by Gasteiger charge is 2.19. The summed E-state index contributed by atoms with van der Waals surface area (Å²) in [5.74, 6) is 1.23. The Bertz CT molecular complexity index is 1490. The Labute approximate surface area is 207 Å². The van der Waals surface area contributed by atoms with Crippen LogP contribution in [0, 0.1) is 0 Å². The van der Waals surface area contributed by atoms with Gasteiger partial charge < -0.3 is 4.57 Å². The standard InChI is InChI=1S/C25H25ClN8O/c1-3-4-7-18-16-34(24-22(26)11-13-32(24)2)25(35)33(18)15-17-14-27-12-10-19(17)20-8-5-6-9-21(20)23-28-30-31-29-23/h5-6,8-14,16H,3-4,7,15H2,1-2H3,(H,28,29,30,31). The number of halogens is 1. The lowest BCUT2D eigenvalue weighted by atomic mass is 9.96. The summed E-state index contributed by atoms with van der Waals surface area (Å²) in [7, 11) is 1.88. The fourth-order valence-electron chi connectivity index (χ4n) is 4.36. The molecule has 0 aliphatic rings. The average Bonchev–Trinajstić information content (AvgIpc) is 3.59. The van der Waals surface area contributed by atoms with Crippen molar-refractivity contribution in [1.82, 2.24) is 39.3 Å². The highest BCUT2D eigenvalue weighted by atomic mass is 35.5. The van der Waals surface area contributed by atoms with E-state index >= 15 is 0 Å². The van der Waals surface area contributed by atoms with Gasteiger partial charge in [-0.25, -0.2) is 9.89 Å². The van der Waals surface area contributed by atoms with Crippen LogP contribution in [-0.2, 0) is 20.0 Å². The first kappa shape index (κ1) is 22.8. The maximum Gasteiger partial charge on any atom is 0.334 e. The van der Waals surface area contributed by atoms with Gasteiger partial charge in [0.05, 0.1) is 11.6 Å². The fraction of sp³-hybridized carbons (Fsp3) is 0.240. The number of imidazole rings is 1. The quantitative estimate of drug-likeness (QED) is 0.351. The number of hydrogen-bond acceptors (Lipinski definition) is 5. The van der Waals surface area contributed by atoms with Gasteiger partial charge in [0.1, 0.15) is 5.82 Å². The molecule has 0 atom stereocenters. The molecule has 10 heteroatoms. The van der Waals surface area contributed by atoms with E-state index in [1.807, 2.05) is 65.1 Å². The maximum atomic E-state index is 13.7. The molecule has 0 saturated heterocycles. The number of unbranched alkanes of at least 4 members (excludes halogenated alkanes) is 1. The van der Waals surface area contributed by atoms with Gasteiger partial charge in [0, 0.05) is 43.1 Å². The van der Waals surface area contributed by atoms with Gasteiger partial charge in [0.2, 0.25) is 0 Å². The van der Waals surface area contributed by atoms with E-state index in [0.717, 1.165) is 47.2 Å². The maximum absolute atomic E-state index is 13.7. The lowest BCUT2D eigenvalue weighted by Gasteiger charge is -2.14. The van der Waals surface area contributed by atoms with Crippen molar-refractivity contribution in [1.29, 1.82) is 0 Å². The number of nitrogens with one attached hydrogen (secondary N) is 1. The van der Waals surface area contributed by atoms with E-state index in [1.54, 1.807) is 16.8 Å². The van der Waals surface area contributed by atoms with Gasteiger partial charge >= 0.3 is 5.69 Å². The molecule has 0 saturated carbocycles. The molecule has 0 spiro atoms. The molecular weight excluding hydrogens is 464 g/mol. The van der Waals surface area contributed by atoms with Crippen molar-refractivity contribution in [3.8, 4) is 28.3 Å². The number of aromatic nitrogens is 8. The molecule has 4 aromatic heterocycles. The van der Waals surface area contributed by atoms with Gasteiger partial charge in [-0.2, -0.15) is 0 Å². The molecule has 4 heterocycles. The van der Waals surface area contributed by atoms with Crippen LogP contribution in [0.25, 0.3) is 28.3 Å². The number of tetrazole rings is 1. The second-order valence-electron chi connectivity index (χ2n) is 8.39. The number of benzene rings is 1. The van der Waals surface area contributed by atoms with Crippen molar-refractivity contribution in [3.05, 3.63) is 87.9 Å². The van der Waals surface area contributed by atoms with E-state index in [0.29, 0.717) is 23.2 Å². The van der Waals surface area contributed by atoms with E-state index in [1.165, 1.54) is 0 Å². The molecule has 0 radical (unpaired) electrons. The van der Waals surface area contributed by atoms with Crippen LogP contribution in [0.5, 0.6) is 0 Å². The minimum atomic E-state index is -0.137. The van der Waals surface area contributed by atoms with Gasteiger partial charge in [-0.1, -0.05) is 49.2 Å². The van der Waals surface area contributed by atoms with Crippen LogP contribution in [0.1, 0.15) is 31.0 Å². The zero-order valence-electron chi connectivity index (χ0n) is 19.5. The van der Waals surface area contributed by atoms with Crippen LogP contribution in [0.3, 0.4) is 0 Å². The Kier molecular flexibility index (Phi) is 6.33. The lowest BCUT2D eigenvalue weighted by molar-refractivity contribution is 0.670. The monoisotopic (exact) mass is 488 g/mol. The van der Waals surface area contributed by atoms with Crippen molar-refractivity contribution in [2.24, 2.45) is 7.05 Å². The fourth-order valence-corrected chi connectivity index (χ4v) is 4.65. The summed E-state index contributed by atoms with van der Waals surface area (Å²) in [4.78, 5) is 18.0. The average molecular weight is 489 g/mol. The van der Waals surface area contributed by atoms with Gasteiger partial charge in [-0.3, -0.25) is 14.1 Å². The number of H-pyrrole nitrogens is 1. The number of rotatable bonds is 8. The molecule has 1 aromatic carbocycles. The smallest absolute Gasteiger partial charge is 0.334 e. The van der Waals surface area contributed by atoms with Crippen molar-refractivity contribution >= 4 is 11.6 Å². The van der Waals surface area contributed by atoms with E-state index in [-0.39, 0.29) is 5.69 Å². The largest absolute Gasteiger partial charge is 0.336 e. The molecular formula is C25H25ClN8O. The molecule has 1 N–H and O–H groups in total. The van der Waals surface area contributed by atoms with Crippen LogP contribution < -0.4 is 5.69 Å². The van der Waals surface area contributed by atoms with Gasteiger partial charge in [0.25, 0.3) is 0 Å². The molecule has 9 nitrogen and oxygen atoms in total. The normalized spacial score (nSPS) is 11.3. The first-order valence-corrected chi connectivity index (χ1v) is 11.8. The van der Waals surface area contributed by atoms with Crippen LogP contribution in [0.2, 0.25) is 5.02 Å². The van der Waals surface area contributed by atoms with E-state index in [2.05, 4.69) is 32.5 Å². The molecule has 5 aromatic rings. The third-order valence-electron chi connectivity index (χ3n) is 6.12. The van der Waals surface area contributed by atoms with Crippen molar-refractivity contribution in [2.45, 2.75) is 32.7 Å². The number of nitrogens with zero attached hydrogens (tertiary/aromatic N) is 7. The lowest BCUT2D eigenvalue weighted by Crippen LogP contribution is -2.26. The molecule has 0 aliphatic carbocycles. The summed E-state index contributed by atoms with van der Waals surface area (Å²) < 4.78 is 5.31. The van der Waals surface area contributed by atoms with Crippen molar-refractivity contribution < 1.29 is 0 Å². The topological polar surface area (TPSA) is 99.2 Å². The SMILES string of the molecule is CCCCc1cn(-c2c(Cl)ccn2C)c(=O)n1Cc1cnccc1-c1ccccc1-c1nnn[nH]1. The Morgan fingerprint density at radius 2 is 1.91 bits per heavy atom. The van der Waals surface area contributed by atoms with E-state index in [9.17, 15) is 4.79 Å². The molecule has 0 bridgehead atoms. The van der Waals surface area contributed by atoms with Gasteiger partial charge in [-0.15, -0.1) is 5.10 Å². The first-order valence-electron chi connectivity index (χ1n) is 11.5. The third-order valence-corrected chi connectivity index (χ3v) is 6.41. The highest BCUT2D eigenvalue weighted by molar-refractivity contribution is 6.32. The van der Waals surface area contributed by atoms with Crippen molar-refractivity contribution in [3.63, 3.8) is 0 Å². The molecule has 0 fully saturated rings. The predicted molar refractivity (Wildman–Crippen MR) is 135 cm³/mol. The Hall–Kier alpha value is -3.98. The highest BCUT2D eigenvalue weighted by Crippen LogP contribution is 2.32. The van der Waals surface area contributed by atoms with Crippen LogP contribution in [-0.4, -0.2) is 39.3 Å². The first-order chi connectivity index (χ1) is 17.1. The number of pyridine rings is 1. The third kappa shape index (κ3) is 4.30. The summed E-state index contributed by atoms with van der Waals surface area (Å²) >= 11 is 6.43.